The van der Waals surface area contributed by atoms with Gasteiger partial charge in [-0.05, 0) is 34.9 Å². The molecule has 1 unspecified atom stereocenters. The van der Waals surface area contributed by atoms with Gasteiger partial charge in [-0.2, -0.15) is 0 Å². The lowest BCUT2D eigenvalue weighted by Gasteiger charge is -2.09. The Balaban J connectivity index is 2.17. The summed E-state index contributed by atoms with van der Waals surface area (Å²) in [6, 6.07) is 12.8. The third-order valence-electron chi connectivity index (χ3n) is 3.05. The third-order valence-corrected chi connectivity index (χ3v) is 3.49. The minimum atomic E-state index is -1.15. The van der Waals surface area contributed by atoms with E-state index in [0.717, 1.165) is 16.7 Å². The summed E-state index contributed by atoms with van der Waals surface area (Å²) in [5.41, 5.74) is 2.70. The maximum Gasteiger partial charge on any atom is 0.335 e. The lowest BCUT2D eigenvalue weighted by atomic mass is 10.0. The van der Waals surface area contributed by atoms with Crippen LogP contribution in [0.2, 0.25) is 10.0 Å². The van der Waals surface area contributed by atoms with Crippen molar-refractivity contribution in [2.24, 2.45) is 0 Å². The van der Waals surface area contributed by atoms with Crippen molar-refractivity contribution >= 4 is 29.2 Å². The highest BCUT2D eigenvalue weighted by Crippen LogP contribution is 2.27. The zero-order valence-corrected chi connectivity index (χ0v) is 12.9. The summed E-state index contributed by atoms with van der Waals surface area (Å²) in [6.45, 7) is 0. The second-order valence-electron chi connectivity index (χ2n) is 4.60. The Bertz CT molecular complexity index is 618. The molecule has 0 saturated heterocycles. The minimum Gasteiger partial charge on any atom is -0.467 e. The molecule has 3 nitrogen and oxygen atoms in total. The molecule has 0 heterocycles. The summed E-state index contributed by atoms with van der Waals surface area (Å²) in [7, 11) is 1.25. The van der Waals surface area contributed by atoms with Crippen LogP contribution in [0.3, 0.4) is 0 Å². The van der Waals surface area contributed by atoms with E-state index in [9.17, 15) is 9.90 Å². The molecule has 0 aromatic heterocycles. The van der Waals surface area contributed by atoms with Gasteiger partial charge in [-0.25, -0.2) is 4.79 Å². The number of hydrogen-bond donors (Lipinski definition) is 1. The van der Waals surface area contributed by atoms with Gasteiger partial charge in [-0.15, -0.1) is 0 Å². The molecule has 0 radical (unpaired) electrons. The number of hydrogen-bond acceptors (Lipinski definition) is 3. The molecular formula is C16H14Cl2O3. The number of carbonyl (C=O) groups is 1. The average Bonchev–Trinajstić information content (AvgIpc) is 2.46. The molecule has 2 rings (SSSR count). The lowest BCUT2D eigenvalue weighted by molar-refractivity contribution is -0.150. The number of benzene rings is 2. The van der Waals surface area contributed by atoms with Crippen molar-refractivity contribution in [1.29, 1.82) is 0 Å². The van der Waals surface area contributed by atoms with Gasteiger partial charge in [0.2, 0.25) is 0 Å². The molecule has 0 fully saturated rings. The lowest BCUT2D eigenvalue weighted by Crippen LogP contribution is -2.23. The molecule has 0 aliphatic carbocycles. The number of esters is 1. The molecule has 0 amide bonds. The van der Waals surface area contributed by atoms with Crippen molar-refractivity contribution < 1.29 is 14.6 Å². The molecule has 0 aliphatic heterocycles. The second kappa shape index (κ2) is 6.94. The fourth-order valence-electron chi connectivity index (χ4n) is 2.00. The van der Waals surface area contributed by atoms with Gasteiger partial charge in [0.15, 0.2) is 6.10 Å². The average molecular weight is 325 g/mol. The van der Waals surface area contributed by atoms with Gasteiger partial charge in [-0.3, -0.25) is 0 Å². The van der Waals surface area contributed by atoms with E-state index in [1.54, 1.807) is 6.07 Å². The Morgan fingerprint density at radius 1 is 1.10 bits per heavy atom. The van der Waals surface area contributed by atoms with Crippen LogP contribution in [-0.4, -0.2) is 24.3 Å². The van der Waals surface area contributed by atoms with Gasteiger partial charge in [-0.1, -0.05) is 47.5 Å². The monoisotopic (exact) mass is 324 g/mol. The largest absolute Gasteiger partial charge is 0.467 e. The van der Waals surface area contributed by atoms with Crippen molar-refractivity contribution in [3.63, 3.8) is 0 Å². The maximum atomic E-state index is 11.2. The highest BCUT2D eigenvalue weighted by molar-refractivity contribution is 6.35. The topological polar surface area (TPSA) is 46.5 Å². The number of aliphatic hydroxyl groups is 1. The normalized spacial score (nSPS) is 12.0. The number of halogens is 2. The van der Waals surface area contributed by atoms with E-state index in [1.807, 2.05) is 36.4 Å². The number of aliphatic hydroxyl groups excluding tert-OH is 1. The second-order valence-corrected chi connectivity index (χ2v) is 5.47. The molecule has 110 valence electrons. The van der Waals surface area contributed by atoms with E-state index in [0.29, 0.717) is 10.0 Å². The summed E-state index contributed by atoms with van der Waals surface area (Å²) in [6.07, 6.45) is -0.940. The smallest absolute Gasteiger partial charge is 0.335 e. The van der Waals surface area contributed by atoms with Crippen molar-refractivity contribution in [2.75, 3.05) is 7.11 Å². The van der Waals surface area contributed by atoms with Gasteiger partial charge in [0.05, 0.1) is 7.11 Å². The molecular weight excluding hydrogens is 311 g/mol. The molecule has 1 N–H and O–H groups in total. The van der Waals surface area contributed by atoms with E-state index in [1.165, 1.54) is 7.11 Å². The Kier molecular flexibility index (Phi) is 5.23. The number of methoxy groups -OCH3 is 1. The fraction of sp³-hybridized carbons (Fsp3) is 0.188. The van der Waals surface area contributed by atoms with Crippen molar-refractivity contribution in [3.8, 4) is 11.1 Å². The van der Waals surface area contributed by atoms with Gasteiger partial charge in [0, 0.05) is 16.5 Å². The summed E-state index contributed by atoms with van der Waals surface area (Å²) < 4.78 is 4.49. The summed E-state index contributed by atoms with van der Waals surface area (Å²) in [5.74, 6) is -0.638. The first kappa shape index (κ1) is 15.8. The summed E-state index contributed by atoms with van der Waals surface area (Å²) in [4.78, 5) is 11.2. The standard InChI is InChI=1S/C16H14Cl2O3/c1-21-16(20)15(19)6-10-2-4-11(5-3-10)12-7-13(17)9-14(18)8-12/h2-5,7-9,15,19H,6H2,1H3. The van der Waals surface area contributed by atoms with Crippen LogP contribution >= 0.6 is 23.2 Å². The van der Waals surface area contributed by atoms with Crippen molar-refractivity contribution in [3.05, 3.63) is 58.1 Å². The molecule has 2 aromatic rings. The quantitative estimate of drug-likeness (QED) is 0.871. The Morgan fingerprint density at radius 3 is 2.19 bits per heavy atom. The van der Waals surface area contributed by atoms with Crippen LogP contribution in [0.25, 0.3) is 11.1 Å². The van der Waals surface area contributed by atoms with Gasteiger partial charge < -0.3 is 9.84 Å². The van der Waals surface area contributed by atoms with Gasteiger partial charge in [0.1, 0.15) is 0 Å². The molecule has 0 bridgehead atoms. The number of rotatable bonds is 4. The first-order valence-corrected chi connectivity index (χ1v) is 7.06. The zero-order chi connectivity index (χ0) is 15.4. The van der Waals surface area contributed by atoms with E-state index in [-0.39, 0.29) is 6.42 Å². The van der Waals surface area contributed by atoms with Crippen LogP contribution in [-0.2, 0) is 16.0 Å². The molecule has 0 saturated carbocycles. The molecule has 0 spiro atoms. The van der Waals surface area contributed by atoms with E-state index in [4.69, 9.17) is 23.2 Å². The highest BCUT2D eigenvalue weighted by Gasteiger charge is 2.15. The Labute approximate surface area is 133 Å². The number of ether oxygens (including phenoxy) is 1. The predicted octanol–water partition coefficient (Wildman–Crippen LogP) is 3.74. The Hall–Kier alpha value is -1.55. The molecule has 1 atom stereocenters. The van der Waals surface area contributed by atoms with E-state index >= 15 is 0 Å². The maximum absolute atomic E-state index is 11.2. The number of carbonyl (C=O) groups excluding carboxylic acids is 1. The van der Waals surface area contributed by atoms with Crippen LogP contribution in [0.15, 0.2) is 42.5 Å². The summed E-state index contributed by atoms with van der Waals surface area (Å²) >= 11 is 12.0. The van der Waals surface area contributed by atoms with E-state index in [2.05, 4.69) is 4.74 Å². The van der Waals surface area contributed by atoms with Crippen LogP contribution < -0.4 is 0 Å². The predicted molar refractivity (Wildman–Crippen MR) is 83.6 cm³/mol. The summed E-state index contributed by atoms with van der Waals surface area (Å²) in [5, 5.41) is 10.8. The first-order chi connectivity index (χ1) is 9.99. The Morgan fingerprint density at radius 2 is 1.67 bits per heavy atom. The van der Waals surface area contributed by atoms with Crippen LogP contribution in [0, 0.1) is 0 Å². The first-order valence-electron chi connectivity index (χ1n) is 6.31. The molecule has 0 aliphatic rings. The van der Waals surface area contributed by atoms with Crippen LogP contribution in [0.4, 0.5) is 0 Å². The minimum absolute atomic E-state index is 0.212. The van der Waals surface area contributed by atoms with E-state index < -0.39 is 12.1 Å². The molecule has 5 heteroatoms. The molecule has 21 heavy (non-hydrogen) atoms. The van der Waals surface area contributed by atoms with Crippen molar-refractivity contribution in [2.45, 2.75) is 12.5 Å². The van der Waals surface area contributed by atoms with Crippen LogP contribution in [0.5, 0.6) is 0 Å². The SMILES string of the molecule is COC(=O)C(O)Cc1ccc(-c2cc(Cl)cc(Cl)c2)cc1. The fourth-order valence-corrected chi connectivity index (χ4v) is 2.52. The van der Waals surface area contributed by atoms with Gasteiger partial charge in [0.25, 0.3) is 0 Å². The van der Waals surface area contributed by atoms with Crippen molar-refractivity contribution in [1.82, 2.24) is 0 Å². The highest BCUT2D eigenvalue weighted by atomic mass is 35.5. The molecule has 2 aromatic carbocycles. The van der Waals surface area contributed by atoms with Gasteiger partial charge >= 0.3 is 5.97 Å². The zero-order valence-electron chi connectivity index (χ0n) is 11.3. The third kappa shape index (κ3) is 4.21. The van der Waals surface area contributed by atoms with Crippen LogP contribution in [0.1, 0.15) is 5.56 Å².